The average Bonchev–Trinajstić information content (AvgIpc) is 2.26. The number of rotatable bonds is 2. The van der Waals surface area contributed by atoms with Gasteiger partial charge in [0.1, 0.15) is 0 Å². The Balaban J connectivity index is 2.39. The number of ether oxygens (including phenoxy) is 2. The molecule has 18 heavy (non-hydrogen) atoms. The summed E-state index contributed by atoms with van der Waals surface area (Å²) in [5.41, 5.74) is -0.0543. The molecular formula is C10H6F3NO4. The number of benzene rings is 1. The average molecular weight is 261 g/mol. The standard InChI is InChI=1S/C10H6F3NO4/c11-10(12,13)18-8-3-1-2-6-4-7(14(15)16)5-17-9(6)8/h1-4H,5H2. The highest BCUT2D eigenvalue weighted by Crippen LogP contribution is 2.38. The van der Waals surface area contributed by atoms with Crippen LogP contribution in [0.2, 0.25) is 0 Å². The lowest BCUT2D eigenvalue weighted by atomic mass is 10.1. The molecule has 0 fully saturated rings. The molecule has 0 bridgehead atoms. The van der Waals surface area contributed by atoms with E-state index >= 15 is 0 Å². The number of nitrogens with zero attached hydrogens (tertiary/aromatic N) is 1. The highest BCUT2D eigenvalue weighted by atomic mass is 19.4. The van der Waals surface area contributed by atoms with E-state index in [1.54, 1.807) is 0 Å². The molecule has 0 spiro atoms. The van der Waals surface area contributed by atoms with E-state index in [9.17, 15) is 23.3 Å². The van der Waals surface area contributed by atoms with Crippen molar-refractivity contribution < 1.29 is 27.6 Å². The highest BCUT2D eigenvalue weighted by Gasteiger charge is 2.34. The lowest BCUT2D eigenvalue weighted by molar-refractivity contribution is -0.427. The molecule has 0 atom stereocenters. The molecule has 1 aromatic carbocycles. The van der Waals surface area contributed by atoms with E-state index in [4.69, 9.17) is 4.74 Å². The molecule has 0 saturated carbocycles. The van der Waals surface area contributed by atoms with Gasteiger partial charge in [-0.1, -0.05) is 12.1 Å². The van der Waals surface area contributed by atoms with Crippen molar-refractivity contribution in [3.63, 3.8) is 0 Å². The van der Waals surface area contributed by atoms with E-state index in [1.165, 1.54) is 12.1 Å². The third-order valence-electron chi connectivity index (χ3n) is 2.16. The smallest absolute Gasteiger partial charge is 0.478 e. The van der Waals surface area contributed by atoms with Crippen LogP contribution in [-0.4, -0.2) is 17.9 Å². The van der Waals surface area contributed by atoms with E-state index in [0.29, 0.717) is 0 Å². The van der Waals surface area contributed by atoms with Crippen LogP contribution in [0.4, 0.5) is 13.2 Å². The lowest BCUT2D eigenvalue weighted by Gasteiger charge is -2.18. The van der Waals surface area contributed by atoms with Crippen LogP contribution >= 0.6 is 0 Å². The second-order valence-electron chi connectivity index (χ2n) is 3.40. The maximum Gasteiger partial charge on any atom is 0.573 e. The quantitative estimate of drug-likeness (QED) is 0.606. The van der Waals surface area contributed by atoms with Crippen molar-refractivity contribution in [2.24, 2.45) is 0 Å². The molecule has 0 unspecified atom stereocenters. The maximum absolute atomic E-state index is 12.1. The topological polar surface area (TPSA) is 61.6 Å². The van der Waals surface area contributed by atoms with Crippen molar-refractivity contribution in [3.8, 4) is 11.5 Å². The second-order valence-corrected chi connectivity index (χ2v) is 3.40. The SMILES string of the molecule is O=[N+]([O-])C1=Cc2cccc(OC(F)(F)F)c2OC1. The maximum atomic E-state index is 12.1. The van der Waals surface area contributed by atoms with Crippen LogP contribution < -0.4 is 9.47 Å². The van der Waals surface area contributed by atoms with E-state index in [0.717, 1.165) is 12.1 Å². The van der Waals surface area contributed by atoms with E-state index in [1.807, 2.05) is 0 Å². The Morgan fingerprint density at radius 2 is 2.11 bits per heavy atom. The third-order valence-corrected chi connectivity index (χ3v) is 2.16. The zero-order valence-corrected chi connectivity index (χ0v) is 8.73. The van der Waals surface area contributed by atoms with Crippen molar-refractivity contribution in [2.45, 2.75) is 6.36 Å². The van der Waals surface area contributed by atoms with Crippen molar-refractivity contribution >= 4 is 6.08 Å². The zero-order chi connectivity index (χ0) is 13.3. The van der Waals surface area contributed by atoms with Crippen LogP contribution in [0.15, 0.2) is 23.9 Å². The normalized spacial score (nSPS) is 14.3. The molecule has 96 valence electrons. The molecule has 0 amide bonds. The zero-order valence-electron chi connectivity index (χ0n) is 8.73. The van der Waals surface area contributed by atoms with Crippen LogP contribution in [0, 0.1) is 10.1 Å². The number of hydrogen-bond acceptors (Lipinski definition) is 4. The molecule has 1 aromatic rings. The van der Waals surface area contributed by atoms with Gasteiger partial charge in [-0.05, 0) is 6.07 Å². The van der Waals surface area contributed by atoms with Gasteiger partial charge in [-0.3, -0.25) is 10.1 Å². The van der Waals surface area contributed by atoms with Crippen molar-refractivity contribution in [2.75, 3.05) is 6.61 Å². The van der Waals surface area contributed by atoms with E-state index in [2.05, 4.69) is 4.74 Å². The first-order chi connectivity index (χ1) is 8.37. The molecule has 0 N–H and O–H groups in total. The summed E-state index contributed by atoms with van der Waals surface area (Å²) < 4.78 is 45.1. The summed E-state index contributed by atoms with van der Waals surface area (Å²) in [6.07, 6.45) is -3.69. The first-order valence-corrected chi connectivity index (χ1v) is 4.73. The summed E-state index contributed by atoms with van der Waals surface area (Å²) in [4.78, 5) is 9.87. The molecule has 0 aromatic heterocycles. The highest BCUT2D eigenvalue weighted by molar-refractivity contribution is 5.65. The molecule has 2 rings (SSSR count). The molecule has 0 aliphatic carbocycles. The molecule has 8 heteroatoms. The Bertz CT molecular complexity index is 524. The molecule has 5 nitrogen and oxygen atoms in total. The lowest BCUT2D eigenvalue weighted by Crippen LogP contribution is -2.19. The van der Waals surface area contributed by atoms with Gasteiger partial charge in [-0.2, -0.15) is 0 Å². The first kappa shape index (κ1) is 12.2. The van der Waals surface area contributed by atoms with Crippen LogP contribution in [0.1, 0.15) is 5.56 Å². The van der Waals surface area contributed by atoms with Gasteiger partial charge in [0.25, 0.3) is 5.70 Å². The van der Waals surface area contributed by atoms with Gasteiger partial charge < -0.3 is 9.47 Å². The summed E-state index contributed by atoms with van der Waals surface area (Å²) in [7, 11) is 0. The molecule has 1 aliphatic heterocycles. The van der Waals surface area contributed by atoms with Crippen molar-refractivity contribution in [1.82, 2.24) is 0 Å². The molecule has 1 aliphatic rings. The Hall–Kier alpha value is -2.25. The monoisotopic (exact) mass is 261 g/mol. The van der Waals surface area contributed by atoms with Gasteiger partial charge in [0.05, 0.1) is 4.92 Å². The summed E-state index contributed by atoms with van der Waals surface area (Å²) in [5.74, 6) is -0.668. The molecule has 0 radical (unpaired) electrons. The number of hydrogen-bond donors (Lipinski definition) is 0. The summed E-state index contributed by atoms with van der Waals surface area (Å²) in [5, 5.41) is 10.5. The predicted octanol–water partition coefficient (Wildman–Crippen LogP) is 2.60. The second kappa shape index (κ2) is 4.21. The fourth-order valence-corrected chi connectivity index (χ4v) is 1.48. The Morgan fingerprint density at radius 1 is 1.39 bits per heavy atom. The van der Waals surface area contributed by atoms with E-state index in [-0.39, 0.29) is 17.0 Å². The third kappa shape index (κ3) is 2.53. The number of alkyl halides is 3. The van der Waals surface area contributed by atoms with Crippen LogP contribution in [0.25, 0.3) is 6.08 Å². The largest absolute Gasteiger partial charge is 0.573 e. The van der Waals surface area contributed by atoms with Crippen LogP contribution in [0.3, 0.4) is 0 Å². The van der Waals surface area contributed by atoms with Crippen LogP contribution in [-0.2, 0) is 0 Å². The number of halogens is 3. The Kier molecular flexibility index (Phi) is 2.85. The Labute approximate surface area is 98.6 Å². The fourth-order valence-electron chi connectivity index (χ4n) is 1.48. The molecular weight excluding hydrogens is 255 g/mol. The minimum atomic E-state index is -4.84. The number of nitro groups is 1. The summed E-state index contributed by atoms with van der Waals surface area (Å²) in [6, 6.07) is 3.78. The van der Waals surface area contributed by atoms with Gasteiger partial charge in [-0.25, -0.2) is 0 Å². The number of fused-ring (bicyclic) bond motifs is 1. The van der Waals surface area contributed by atoms with Gasteiger partial charge in [0, 0.05) is 11.6 Å². The van der Waals surface area contributed by atoms with E-state index < -0.39 is 23.6 Å². The van der Waals surface area contributed by atoms with Gasteiger partial charge in [0.2, 0.25) is 0 Å². The predicted molar refractivity (Wildman–Crippen MR) is 53.6 cm³/mol. The van der Waals surface area contributed by atoms with Crippen molar-refractivity contribution in [3.05, 3.63) is 39.6 Å². The minimum absolute atomic E-state index is 0.152. The Morgan fingerprint density at radius 3 is 2.72 bits per heavy atom. The van der Waals surface area contributed by atoms with Gasteiger partial charge >= 0.3 is 6.36 Å². The van der Waals surface area contributed by atoms with Gasteiger partial charge in [-0.15, -0.1) is 13.2 Å². The van der Waals surface area contributed by atoms with Gasteiger partial charge in [0.15, 0.2) is 18.1 Å². The fraction of sp³-hybridized carbons (Fsp3) is 0.200. The number of para-hydroxylation sites is 1. The molecule has 1 heterocycles. The van der Waals surface area contributed by atoms with Crippen LogP contribution in [0.5, 0.6) is 11.5 Å². The molecule has 0 saturated heterocycles. The summed E-state index contributed by atoms with van der Waals surface area (Å²) in [6.45, 7) is -0.405. The first-order valence-electron chi connectivity index (χ1n) is 4.73. The van der Waals surface area contributed by atoms with Crippen molar-refractivity contribution in [1.29, 1.82) is 0 Å². The summed E-state index contributed by atoms with van der Waals surface area (Å²) >= 11 is 0. The minimum Gasteiger partial charge on any atom is -0.478 e.